The number of methoxy groups -OCH3 is 1. The van der Waals surface area contributed by atoms with Crippen molar-refractivity contribution in [3.8, 4) is 16.9 Å². The largest absolute Gasteiger partial charge is 0.495 e. The summed E-state index contributed by atoms with van der Waals surface area (Å²) in [7, 11) is 3.17. The van der Waals surface area contributed by atoms with E-state index < -0.39 is 17.9 Å². The topological polar surface area (TPSA) is 89.0 Å². The number of aromatic nitrogens is 3. The second-order valence-corrected chi connectivity index (χ2v) is 8.79. The number of carbonyl (C=O) groups is 1. The van der Waals surface area contributed by atoms with Crippen LogP contribution in [0.2, 0.25) is 0 Å². The number of hydrogen-bond donors (Lipinski definition) is 2. The van der Waals surface area contributed by atoms with Gasteiger partial charge in [0.15, 0.2) is 0 Å². The Morgan fingerprint density at radius 1 is 1.29 bits per heavy atom. The summed E-state index contributed by atoms with van der Waals surface area (Å²) in [5.74, 6) is -2.73. The number of ether oxygens (including phenoxy) is 1. The van der Waals surface area contributed by atoms with Gasteiger partial charge in [0.25, 0.3) is 11.8 Å². The molecule has 1 atom stereocenters. The van der Waals surface area contributed by atoms with E-state index in [-0.39, 0.29) is 24.0 Å². The van der Waals surface area contributed by atoms with Crippen molar-refractivity contribution in [2.45, 2.75) is 31.7 Å². The molecule has 0 fully saturated rings. The first kappa shape index (κ1) is 22.8. The number of fused-ring (bicyclic) bond motifs is 2. The van der Waals surface area contributed by atoms with Crippen LogP contribution in [-0.4, -0.2) is 27.8 Å². The van der Waals surface area contributed by atoms with Crippen LogP contribution in [0.15, 0.2) is 53.6 Å². The number of H-pyrrole nitrogens is 1. The lowest BCUT2D eigenvalue weighted by molar-refractivity contribution is -0.00185. The van der Waals surface area contributed by atoms with E-state index in [4.69, 9.17) is 4.74 Å². The number of pyridine rings is 1. The SMILES string of the molecule is COc1c(-c2ccc(=O)n(C)c2)cc(C(=O)NC(C)c2cccc3c2CCC3(F)F)c2n[nH]cc12. The van der Waals surface area contributed by atoms with E-state index >= 15 is 0 Å². The Morgan fingerprint density at radius 2 is 2.09 bits per heavy atom. The van der Waals surface area contributed by atoms with Crippen molar-refractivity contribution in [3.63, 3.8) is 0 Å². The zero-order valence-corrected chi connectivity index (χ0v) is 19.5. The van der Waals surface area contributed by atoms with Crippen LogP contribution >= 0.6 is 0 Å². The smallest absolute Gasteiger partial charge is 0.273 e. The van der Waals surface area contributed by atoms with Crippen LogP contribution in [0.5, 0.6) is 5.75 Å². The van der Waals surface area contributed by atoms with E-state index in [1.807, 2.05) is 0 Å². The molecule has 1 amide bonds. The van der Waals surface area contributed by atoms with Gasteiger partial charge in [0, 0.05) is 48.6 Å². The molecular formula is C26H24F2N4O3. The van der Waals surface area contributed by atoms with E-state index in [1.54, 1.807) is 50.6 Å². The highest BCUT2D eigenvalue weighted by Gasteiger charge is 2.40. The summed E-state index contributed by atoms with van der Waals surface area (Å²) in [5, 5.41) is 10.6. The van der Waals surface area contributed by atoms with Gasteiger partial charge in [-0.2, -0.15) is 5.10 Å². The second kappa shape index (κ2) is 8.33. The minimum Gasteiger partial charge on any atom is -0.495 e. The third-order valence-electron chi connectivity index (χ3n) is 6.63. The van der Waals surface area contributed by atoms with Gasteiger partial charge in [0.05, 0.1) is 24.1 Å². The highest BCUT2D eigenvalue weighted by molar-refractivity contribution is 6.09. The molecule has 2 aromatic heterocycles. The molecule has 0 bridgehead atoms. The second-order valence-electron chi connectivity index (χ2n) is 8.79. The molecule has 7 nitrogen and oxygen atoms in total. The van der Waals surface area contributed by atoms with Crippen LogP contribution in [0, 0.1) is 0 Å². The van der Waals surface area contributed by atoms with Gasteiger partial charge >= 0.3 is 0 Å². The minimum atomic E-state index is -2.85. The predicted octanol–water partition coefficient (Wildman–Crippen LogP) is 4.47. The van der Waals surface area contributed by atoms with Crippen molar-refractivity contribution < 1.29 is 18.3 Å². The van der Waals surface area contributed by atoms with Gasteiger partial charge in [-0.15, -0.1) is 0 Å². The highest BCUT2D eigenvalue weighted by Crippen LogP contribution is 2.44. The Morgan fingerprint density at radius 3 is 2.83 bits per heavy atom. The van der Waals surface area contributed by atoms with E-state index in [0.717, 1.165) is 0 Å². The molecule has 9 heteroatoms. The number of aromatic amines is 1. The van der Waals surface area contributed by atoms with Gasteiger partial charge in [0.2, 0.25) is 5.56 Å². The number of aryl methyl sites for hydroxylation is 1. The van der Waals surface area contributed by atoms with E-state index in [1.165, 1.54) is 23.8 Å². The quantitative estimate of drug-likeness (QED) is 0.443. The fraction of sp³-hybridized carbons (Fsp3) is 0.269. The minimum absolute atomic E-state index is 0.0345. The number of carbonyl (C=O) groups excluding carboxylic acids is 1. The molecule has 2 aromatic carbocycles. The first-order chi connectivity index (χ1) is 16.7. The molecule has 180 valence electrons. The molecule has 5 rings (SSSR count). The standard InChI is InChI=1S/C26H24F2N4O3/c1-14(16-5-4-6-21-17(16)9-10-26(21,27)28)30-25(34)19-11-18(15-7-8-22(33)32(2)13-15)24(35-3)20-12-29-31-23(19)20/h4-8,11-14H,9-10H2,1-3H3,(H,29,31)(H,30,34). The van der Waals surface area contributed by atoms with Crippen molar-refractivity contribution in [3.05, 3.63) is 81.4 Å². The van der Waals surface area contributed by atoms with Gasteiger partial charge in [-0.3, -0.25) is 14.7 Å². The van der Waals surface area contributed by atoms with Crippen LogP contribution in [0.25, 0.3) is 22.0 Å². The monoisotopic (exact) mass is 478 g/mol. The molecule has 2 N–H and O–H groups in total. The van der Waals surface area contributed by atoms with Crippen molar-refractivity contribution in [1.29, 1.82) is 0 Å². The summed E-state index contributed by atoms with van der Waals surface area (Å²) < 4.78 is 35.6. The maximum absolute atomic E-state index is 14.2. The molecule has 2 heterocycles. The van der Waals surface area contributed by atoms with E-state index in [9.17, 15) is 18.4 Å². The summed E-state index contributed by atoms with van der Waals surface area (Å²) in [5.41, 5.74) is 3.18. The molecule has 0 radical (unpaired) electrons. The Bertz CT molecular complexity index is 1520. The lowest BCUT2D eigenvalue weighted by Gasteiger charge is -2.19. The van der Waals surface area contributed by atoms with Crippen molar-refractivity contribution >= 4 is 16.8 Å². The lowest BCUT2D eigenvalue weighted by atomic mass is 9.96. The number of nitrogens with one attached hydrogen (secondary N) is 2. The molecule has 1 aliphatic carbocycles. The van der Waals surface area contributed by atoms with E-state index in [0.29, 0.717) is 44.5 Å². The van der Waals surface area contributed by atoms with Crippen LogP contribution in [0.1, 0.15) is 46.4 Å². The average Bonchev–Trinajstić information content (AvgIpc) is 3.44. The normalized spacial score (nSPS) is 15.1. The van der Waals surface area contributed by atoms with Gasteiger partial charge in [-0.25, -0.2) is 8.78 Å². The summed E-state index contributed by atoms with van der Waals surface area (Å²) in [6.07, 6.45) is 3.35. The summed E-state index contributed by atoms with van der Waals surface area (Å²) >= 11 is 0. The summed E-state index contributed by atoms with van der Waals surface area (Å²) in [4.78, 5) is 25.3. The Kier molecular flexibility index (Phi) is 5.42. The number of amides is 1. The third-order valence-corrected chi connectivity index (χ3v) is 6.63. The Hall–Kier alpha value is -4.01. The molecule has 35 heavy (non-hydrogen) atoms. The van der Waals surface area contributed by atoms with Crippen LogP contribution in [-0.2, 0) is 19.4 Å². The molecule has 4 aromatic rings. The fourth-order valence-electron chi connectivity index (χ4n) is 4.85. The molecule has 0 spiro atoms. The van der Waals surface area contributed by atoms with Crippen molar-refractivity contribution in [2.75, 3.05) is 7.11 Å². The number of halogens is 2. The third kappa shape index (κ3) is 3.77. The number of rotatable bonds is 5. The first-order valence-electron chi connectivity index (χ1n) is 11.2. The summed E-state index contributed by atoms with van der Waals surface area (Å²) in [6.45, 7) is 1.78. The van der Waals surface area contributed by atoms with E-state index in [2.05, 4.69) is 15.5 Å². The number of benzene rings is 2. The highest BCUT2D eigenvalue weighted by atomic mass is 19.3. The molecule has 1 aliphatic rings. The number of hydrogen-bond acceptors (Lipinski definition) is 4. The number of alkyl halides is 2. The van der Waals surface area contributed by atoms with Crippen LogP contribution < -0.4 is 15.6 Å². The lowest BCUT2D eigenvalue weighted by Crippen LogP contribution is -2.27. The van der Waals surface area contributed by atoms with Gasteiger partial charge in [-0.05, 0) is 36.6 Å². The molecule has 1 unspecified atom stereocenters. The Labute approximate surface area is 199 Å². The maximum Gasteiger partial charge on any atom is 0.273 e. The van der Waals surface area contributed by atoms with Gasteiger partial charge in [-0.1, -0.05) is 18.2 Å². The molecule has 0 aliphatic heterocycles. The molecule has 0 saturated heterocycles. The molecular weight excluding hydrogens is 454 g/mol. The average molecular weight is 478 g/mol. The number of nitrogens with zero attached hydrogens (tertiary/aromatic N) is 2. The van der Waals surface area contributed by atoms with Crippen LogP contribution in [0.4, 0.5) is 8.78 Å². The summed E-state index contributed by atoms with van der Waals surface area (Å²) in [6, 6.07) is 9.13. The Balaban J connectivity index is 1.56. The molecule has 0 saturated carbocycles. The van der Waals surface area contributed by atoms with Crippen molar-refractivity contribution in [1.82, 2.24) is 20.1 Å². The first-order valence-corrected chi connectivity index (χ1v) is 11.2. The maximum atomic E-state index is 14.2. The fourth-order valence-corrected chi connectivity index (χ4v) is 4.85. The van der Waals surface area contributed by atoms with Crippen LogP contribution in [0.3, 0.4) is 0 Å². The zero-order chi connectivity index (χ0) is 24.9. The van der Waals surface area contributed by atoms with Crippen molar-refractivity contribution in [2.24, 2.45) is 7.05 Å². The predicted molar refractivity (Wildman–Crippen MR) is 128 cm³/mol. The zero-order valence-electron chi connectivity index (χ0n) is 19.5. The van der Waals surface area contributed by atoms with Gasteiger partial charge in [0.1, 0.15) is 11.3 Å². The van der Waals surface area contributed by atoms with Gasteiger partial charge < -0.3 is 14.6 Å².